The molecule has 0 saturated heterocycles. The summed E-state index contributed by atoms with van der Waals surface area (Å²) >= 11 is 1.64. The van der Waals surface area contributed by atoms with Crippen LogP contribution in [0.4, 0.5) is 5.13 Å². The van der Waals surface area contributed by atoms with E-state index < -0.39 is 0 Å². The molecule has 12 heavy (non-hydrogen) atoms. The van der Waals surface area contributed by atoms with Crippen LogP contribution in [0.15, 0.2) is 11.6 Å². The third kappa shape index (κ3) is 3.19. The Balaban J connectivity index is 2.32. The SMILES string of the molecule is CC(CN(C)C)Nc1nccs1. The molecule has 68 valence electrons. The van der Waals surface area contributed by atoms with E-state index in [9.17, 15) is 0 Å². The van der Waals surface area contributed by atoms with E-state index in [-0.39, 0.29) is 0 Å². The molecule has 1 N–H and O–H groups in total. The maximum Gasteiger partial charge on any atom is 0.182 e. The van der Waals surface area contributed by atoms with E-state index in [1.807, 2.05) is 11.6 Å². The van der Waals surface area contributed by atoms with Gasteiger partial charge in [0.25, 0.3) is 0 Å². The molecule has 1 unspecified atom stereocenters. The van der Waals surface area contributed by atoms with E-state index in [2.05, 4.69) is 36.2 Å². The van der Waals surface area contributed by atoms with Crippen molar-refractivity contribution in [3.63, 3.8) is 0 Å². The van der Waals surface area contributed by atoms with Crippen molar-refractivity contribution >= 4 is 16.5 Å². The summed E-state index contributed by atoms with van der Waals surface area (Å²) in [6, 6.07) is 0.450. The Hall–Kier alpha value is -0.610. The van der Waals surface area contributed by atoms with Gasteiger partial charge in [-0.15, -0.1) is 11.3 Å². The second kappa shape index (κ2) is 4.42. The average Bonchev–Trinajstić information content (AvgIpc) is 2.37. The number of hydrogen-bond acceptors (Lipinski definition) is 4. The lowest BCUT2D eigenvalue weighted by molar-refractivity contribution is 0.392. The minimum absolute atomic E-state index is 0.450. The van der Waals surface area contributed by atoms with Gasteiger partial charge < -0.3 is 10.2 Å². The molecule has 4 heteroatoms. The standard InChI is InChI=1S/C8H15N3S/c1-7(6-11(2)3)10-8-9-4-5-12-8/h4-5,7H,6H2,1-3H3,(H,9,10). The average molecular weight is 185 g/mol. The molecular formula is C8H15N3S. The Morgan fingerprint density at radius 1 is 1.67 bits per heavy atom. The summed E-state index contributed by atoms with van der Waals surface area (Å²) in [6.07, 6.45) is 1.81. The molecule has 0 saturated carbocycles. The number of thiazole rings is 1. The number of nitrogens with zero attached hydrogens (tertiary/aromatic N) is 2. The molecule has 1 aromatic heterocycles. The number of nitrogens with one attached hydrogen (secondary N) is 1. The van der Waals surface area contributed by atoms with Crippen molar-refractivity contribution in [1.29, 1.82) is 0 Å². The quantitative estimate of drug-likeness (QED) is 0.770. The molecule has 1 heterocycles. The first kappa shape index (κ1) is 9.48. The first-order valence-electron chi connectivity index (χ1n) is 3.99. The van der Waals surface area contributed by atoms with Crippen LogP contribution in [-0.4, -0.2) is 36.6 Å². The maximum atomic E-state index is 4.15. The van der Waals surface area contributed by atoms with Crippen LogP contribution in [0, 0.1) is 0 Å². The number of hydrogen-bond donors (Lipinski definition) is 1. The summed E-state index contributed by atoms with van der Waals surface area (Å²) in [4.78, 5) is 6.31. The van der Waals surface area contributed by atoms with Crippen LogP contribution in [-0.2, 0) is 0 Å². The van der Waals surface area contributed by atoms with E-state index >= 15 is 0 Å². The smallest absolute Gasteiger partial charge is 0.182 e. The lowest BCUT2D eigenvalue weighted by Crippen LogP contribution is -2.29. The third-order valence-electron chi connectivity index (χ3n) is 1.44. The van der Waals surface area contributed by atoms with Crippen molar-refractivity contribution in [2.75, 3.05) is 26.0 Å². The second-order valence-corrected chi connectivity index (χ2v) is 4.04. The fourth-order valence-electron chi connectivity index (χ4n) is 1.10. The van der Waals surface area contributed by atoms with Crippen molar-refractivity contribution in [2.45, 2.75) is 13.0 Å². The molecule has 1 aromatic rings. The van der Waals surface area contributed by atoms with Crippen LogP contribution in [0.25, 0.3) is 0 Å². The molecule has 0 spiro atoms. The third-order valence-corrected chi connectivity index (χ3v) is 2.15. The molecule has 0 aliphatic heterocycles. The Morgan fingerprint density at radius 2 is 2.42 bits per heavy atom. The molecule has 1 atom stereocenters. The molecule has 0 aliphatic carbocycles. The zero-order valence-electron chi connectivity index (χ0n) is 7.74. The maximum absolute atomic E-state index is 4.15. The Bertz CT molecular complexity index is 208. The van der Waals surface area contributed by atoms with Crippen molar-refractivity contribution < 1.29 is 0 Å². The van der Waals surface area contributed by atoms with Gasteiger partial charge in [-0.25, -0.2) is 4.98 Å². The fourth-order valence-corrected chi connectivity index (χ4v) is 1.74. The molecule has 1 rings (SSSR count). The topological polar surface area (TPSA) is 28.2 Å². The number of likely N-dealkylation sites (N-methyl/N-ethyl adjacent to an activating group) is 1. The number of rotatable bonds is 4. The Kier molecular flexibility index (Phi) is 3.49. The van der Waals surface area contributed by atoms with Gasteiger partial charge in [-0.2, -0.15) is 0 Å². The van der Waals surface area contributed by atoms with Gasteiger partial charge in [0.2, 0.25) is 0 Å². The minimum atomic E-state index is 0.450. The second-order valence-electron chi connectivity index (χ2n) is 3.14. The van der Waals surface area contributed by atoms with Crippen LogP contribution in [0.1, 0.15) is 6.92 Å². The zero-order valence-corrected chi connectivity index (χ0v) is 8.56. The summed E-state index contributed by atoms with van der Waals surface area (Å²) in [5.74, 6) is 0. The van der Waals surface area contributed by atoms with E-state index in [1.165, 1.54) is 0 Å². The van der Waals surface area contributed by atoms with Crippen LogP contribution in [0.2, 0.25) is 0 Å². The van der Waals surface area contributed by atoms with Gasteiger partial charge in [-0.3, -0.25) is 0 Å². The van der Waals surface area contributed by atoms with Gasteiger partial charge in [0.15, 0.2) is 5.13 Å². The summed E-state index contributed by atoms with van der Waals surface area (Å²) in [5.41, 5.74) is 0. The monoisotopic (exact) mass is 185 g/mol. The lowest BCUT2D eigenvalue weighted by Gasteiger charge is -2.17. The Labute approximate surface area is 77.4 Å². The predicted octanol–water partition coefficient (Wildman–Crippen LogP) is 1.51. The molecule has 3 nitrogen and oxygen atoms in total. The Morgan fingerprint density at radius 3 is 2.92 bits per heavy atom. The van der Waals surface area contributed by atoms with Crippen molar-refractivity contribution in [3.05, 3.63) is 11.6 Å². The first-order chi connectivity index (χ1) is 5.68. The highest BCUT2D eigenvalue weighted by atomic mass is 32.1. The van der Waals surface area contributed by atoms with Gasteiger partial charge >= 0.3 is 0 Å². The molecule has 0 amide bonds. The van der Waals surface area contributed by atoms with Crippen molar-refractivity contribution in [1.82, 2.24) is 9.88 Å². The van der Waals surface area contributed by atoms with Crippen molar-refractivity contribution in [2.24, 2.45) is 0 Å². The van der Waals surface area contributed by atoms with E-state index in [0.717, 1.165) is 11.7 Å². The van der Waals surface area contributed by atoms with Crippen LogP contribution in [0.5, 0.6) is 0 Å². The summed E-state index contributed by atoms with van der Waals surface area (Å²) < 4.78 is 0. The minimum Gasteiger partial charge on any atom is -0.358 e. The van der Waals surface area contributed by atoms with E-state index in [1.54, 1.807) is 11.3 Å². The normalized spacial score (nSPS) is 13.3. The van der Waals surface area contributed by atoms with Crippen LogP contribution in [0.3, 0.4) is 0 Å². The molecule has 0 radical (unpaired) electrons. The molecule has 0 aliphatic rings. The van der Waals surface area contributed by atoms with E-state index in [4.69, 9.17) is 0 Å². The molecule has 0 bridgehead atoms. The van der Waals surface area contributed by atoms with Crippen molar-refractivity contribution in [3.8, 4) is 0 Å². The summed E-state index contributed by atoms with van der Waals surface area (Å²) in [5, 5.41) is 6.30. The number of anilines is 1. The lowest BCUT2D eigenvalue weighted by atomic mass is 10.3. The summed E-state index contributed by atoms with van der Waals surface area (Å²) in [6.45, 7) is 3.18. The van der Waals surface area contributed by atoms with Gasteiger partial charge in [-0.1, -0.05) is 0 Å². The highest BCUT2D eigenvalue weighted by molar-refractivity contribution is 7.13. The predicted molar refractivity (Wildman–Crippen MR) is 53.8 cm³/mol. The molecular weight excluding hydrogens is 170 g/mol. The highest BCUT2D eigenvalue weighted by Gasteiger charge is 2.03. The highest BCUT2D eigenvalue weighted by Crippen LogP contribution is 2.11. The van der Waals surface area contributed by atoms with Gasteiger partial charge in [0.05, 0.1) is 0 Å². The largest absolute Gasteiger partial charge is 0.358 e. The van der Waals surface area contributed by atoms with Gasteiger partial charge in [-0.05, 0) is 21.0 Å². The van der Waals surface area contributed by atoms with Crippen LogP contribution < -0.4 is 5.32 Å². The first-order valence-corrected chi connectivity index (χ1v) is 4.87. The molecule has 0 aromatic carbocycles. The van der Waals surface area contributed by atoms with Gasteiger partial charge in [0.1, 0.15) is 0 Å². The van der Waals surface area contributed by atoms with Gasteiger partial charge in [0, 0.05) is 24.2 Å². The zero-order chi connectivity index (χ0) is 8.97. The molecule has 0 fully saturated rings. The summed E-state index contributed by atoms with van der Waals surface area (Å²) in [7, 11) is 4.14. The van der Waals surface area contributed by atoms with Crippen LogP contribution >= 0.6 is 11.3 Å². The van der Waals surface area contributed by atoms with E-state index in [0.29, 0.717) is 6.04 Å². The fraction of sp³-hybridized carbons (Fsp3) is 0.625. The number of aromatic nitrogens is 1.